The first-order chi connectivity index (χ1) is 9.17. The lowest BCUT2D eigenvalue weighted by Crippen LogP contribution is -2.27. The van der Waals surface area contributed by atoms with Gasteiger partial charge in [-0.1, -0.05) is 6.92 Å². The van der Waals surface area contributed by atoms with Gasteiger partial charge in [0.2, 0.25) is 0 Å². The summed E-state index contributed by atoms with van der Waals surface area (Å²) in [6, 6.07) is 0. The van der Waals surface area contributed by atoms with Crippen LogP contribution >= 0.6 is 11.3 Å². The number of aliphatic hydroxyl groups excluding tert-OH is 1. The maximum Gasteiger partial charge on any atom is 0.187 e. The first kappa shape index (κ1) is 14.0. The third kappa shape index (κ3) is 2.96. The quantitative estimate of drug-likeness (QED) is 0.881. The minimum atomic E-state index is 0.151. The normalized spacial score (nSPS) is 10.9. The molecule has 0 saturated carbocycles. The van der Waals surface area contributed by atoms with E-state index in [2.05, 4.69) is 21.8 Å². The average molecular weight is 280 g/mol. The van der Waals surface area contributed by atoms with Crippen LogP contribution in [0.15, 0.2) is 11.7 Å². The molecule has 0 fully saturated rings. The highest BCUT2D eigenvalue weighted by molar-refractivity contribution is 7.14. The summed E-state index contributed by atoms with van der Waals surface area (Å²) in [5, 5.41) is 12.1. The molecule has 1 N–H and O–H groups in total. The van der Waals surface area contributed by atoms with Crippen LogP contribution in [0.25, 0.3) is 5.82 Å². The molecule has 0 saturated heterocycles. The number of aryl methyl sites for hydroxylation is 1. The van der Waals surface area contributed by atoms with Gasteiger partial charge in [0, 0.05) is 24.2 Å². The van der Waals surface area contributed by atoms with E-state index in [1.807, 2.05) is 23.8 Å². The fourth-order valence-electron chi connectivity index (χ4n) is 1.94. The van der Waals surface area contributed by atoms with E-state index in [1.54, 1.807) is 17.7 Å². The Bertz CT molecular complexity index is 528. The lowest BCUT2D eigenvalue weighted by Gasteiger charge is -2.19. The number of aromatic nitrogens is 3. The Labute approximate surface area is 117 Å². The molecular weight excluding hydrogens is 260 g/mol. The molecule has 0 radical (unpaired) electrons. The molecule has 2 aromatic heterocycles. The molecule has 0 aliphatic rings. The van der Waals surface area contributed by atoms with Crippen molar-refractivity contribution in [3.05, 3.63) is 23.1 Å². The molecule has 0 amide bonds. The zero-order valence-corrected chi connectivity index (χ0v) is 12.4. The zero-order valence-electron chi connectivity index (χ0n) is 11.6. The molecule has 0 aliphatic carbocycles. The van der Waals surface area contributed by atoms with Crippen LogP contribution in [0.1, 0.15) is 24.7 Å². The molecule has 0 atom stereocenters. The second-order valence-corrected chi connectivity index (χ2v) is 5.32. The molecular formula is C13H20N4OS. The topological polar surface area (TPSA) is 54.2 Å². The molecule has 2 rings (SSSR count). The van der Waals surface area contributed by atoms with Gasteiger partial charge in [0.15, 0.2) is 10.9 Å². The van der Waals surface area contributed by atoms with Crippen LogP contribution in [0.2, 0.25) is 0 Å². The van der Waals surface area contributed by atoms with Crippen molar-refractivity contribution < 1.29 is 5.11 Å². The molecule has 0 unspecified atom stereocenters. The summed E-state index contributed by atoms with van der Waals surface area (Å²) in [6.07, 6.45) is 2.85. The first-order valence-electron chi connectivity index (χ1n) is 6.49. The van der Waals surface area contributed by atoms with E-state index in [0.29, 0.717) is 6.54 Å². The van der Waals surface area contributed by atoms with Crippen molar-refractivity contribution in [3.63, 3.8) is 0 Å². The van der Waals surface area contributed by atoms with Crippen molar-refractivity contribution in [3.8, 4) is 5.82 Å². The Hall–Kier alpha value is -1.40. The molecule has 0 aliphatic heterocycles. The van der Waals surface area contributed by atoms with E-state index in [0.717, 1.165) is 35.3 Å². The number of aliphatic hydroxyl groups is 1. The summed E-state index contributed by atoms with van der Waals surface area (Å²) < 4.78 is 2.00. The maximum atomic E-state index is 9.12. The monoisotopic (exact) mass is 280 g/mol. The van der Waals surface area contributed by atoms with Crippen LogP contribution in [0.3, 0.4) is 0 Å². The number of rotatable bonds is 6. The van der Waals surface area contributed by atoms with Crippen molar-refractivity contribution in [1.82, 2.24) is 14.5 Å². The second kappa shape index (κ2) is 6.16. The summed E-state index contributed by atoms with van der Waals surface area (Å²) in [5.41, 5.74) is 2.14. The molecule has 5 nitrogen and oxygen atoms in total. The molecule has 2 heterocycles. The Morgan fingerprint density at radius 2 is 2.16 bits per heavy atom. The van der Waals surface area contributed by atoms with E-state index in [9.17, 15) is 0 Å². The van der Waals surface area contributed by atoms with Crippen molar-refractivity contribution in [2.75, 3.05) is 24.6 Å². The Morgan fingerprint density at radius 1 is 1.37 bits per heavy atom. The summed E-state index contributed by atoms with van der Waals surface area (Å²) in [5.74, 6) is 0.900. The van der Waals surface area contributed by atoms with Gasteiger partial charge in [-0.15, -0.1) is 11.3 Å². The summed E-state index contributed by atoms with van der Waals surface area (Å²) in [4.78, 5) is 11.1. The third-order valence-corrected chi connectivity index (χ3v) is 4.00. The number of nitrogens with zero attached hydrogens (tertiary/aromatic N) is 4. The second-order valence-electron chi connectivity index (χ2n) is 4.48. The summed E-state index contributed by atoms with van der Waals surface area (Å²) in [6.45, 7) is 7.85. The number of hydrogen-bond acceptors (Lipinski definition) is 5. The van der Waals surface area contributed by atoms with E-state index in [-0.39, 0.29) is 6.61 Å². The molecule has 0 spiro atoms. The van der Waals surface area contributed by atoms with Crippen LogP contribution in [-0.2, 0) is 0 Å². The van der Waals surface area contributed by atoms with Gasteiger partial charge in [0.25, 0.3) is 0 Å². The SMILES string of the molecule is CCCN(CCO)c1nc(-n2cnc(C)c2C)cs1. The summed E-state index contributed by atoms with van der Waals surface area (Å²) >= 11 is 1.61. The molecule has 104 valence electrons. The Balaban J connectivity index is 2.24. The zero-order chi connectivity index (χ0) is 13.8. The third-order valence-electron chi connectivity index (χ3n) is 3.11. The Morgan fingerprint density at radius 3 is 2.74 bits per heavy atom. The predicted octanol–water partition coefficient (Wildman–Crippen LogP) is 2.15. The highest BCUT2D eigenvalue weighted by Crippen LogP contribution is 2.24. The van der Waals surface area contributed by atoms with Crippen LogP contribution in [-0.4, -0.2) is 39.3 Å². The maximum absolute atomic E-state index is 9.12. The van der Waals surface area contributed by atoms with Gasteiger partial charge in [0.1, 0.15) is 6.33 Å². The van der Waals surface area contributed by atoms with E-state index in [1.165, 1.54) is 0 Å². The number of anilines is 1. The van der Waals surface area contributed by atoms with Crippen LogP contribution < -0.4 is 4.90 Å². The summed E-state index contributed by atoms with van der Waals surface area (Å²) in [7, 11) is 0. The smallest absolute Gasteiger partial charge is 0.187 e. The van der Waals surface area contributed by atoms with Gasteiger partial charge in [-0.05, 0) is 20.3 Å². The first-order valence-corrected chi connectivity index (χ1v) is 7.37. The van der Waals surface area contributed by atoms with Crippen LogP contribution in [0.4, 0.5) is 5.13 Å². The van der Waals surface area contributed by atoms with Gasteiger partial charge in [-0.2, -0.15) is 0 Å². The molecule has 0 bridgehead atoms. The van der Waals surface area contributed by atoms with Crippen LogP contribution in [0.5, 0.6) is 0 Å². The average Bonchev–Trinajstić information content (AvgIpc) is 2.98. The molecule has 2 aromatic rings. The predicted molar refractivity (Wildman–Crippen MR) is 78.3 cm³/mol. The van der Waals surface area contributed by atoms with Gasteiger partial charge in [-0.3, -0.25) is 4.57 Å². The lowest BCUT2D eigenvalue weighted by molar-refractivity contribution is 0.302. The highest BCUT2D eigenvalue weighted by atomic mass is 32.1. The van der Waals surface area contributed by atoms with Crippen LogP contribution in [0, 0.1) is 13.8 Å². The fraction of sp³-hybridized carbons (Fsp3) is 0.538. The molecule has 6 heteroatoms. The fourth-order valence-corrected chi connectivity index (χ4v) is 2.79. The van der Waals surface area contributed by atoms with E-state index in [4.69, 9.17) is 5.11 Å². The molecule has 19 heavy (non-hydrogen) atoms. The van der Waals surface area contributed by atoms with Gasteiger partial charge >= 0.3 is 0 Å². The van der Waals surface area contributed by atoms with Crippen molar-refractivity contribution in [2.24, 2.45) is 0 Å². The van der Waals surface area contributed by atoms with Crippen molar-refractivity contribution in [1.29, 1.82) is 0 Å². The minimum Gasteiger partial charge on any atom is -0.395 e. The van der Waals surface area contributed by atoms with Gasteiger partial charge in [0.05, 0.1) is 12.3 Å². The van der Waals surface area contributed by atoms with Crippen molar-refractivity contribution >= 4 is 16.5 Å². The number of imidazole rings is 1. The highest BCUT2D eigenvalue weighted by Gasteiger charge is 2.12. The van der Waals surface area contributed by atoms with Gasteiger partial charge < -0.3 is 10.0 Å². The molecule has 0 aromatic carbocycles. The lowest BCUT2D eigenvalue weighted by atomic mass is 10.4. The Kier molecular flexibility index (Phi) is 4.55. The number of hydrogen-bond donors (Lipinski definition) is 1. The minimum absolute atomic E-state index is 0.151. The largest absolute Gasteiger partial charge is 0.395 e. The van der Waals surface area contributed by atoms with Gasteiger partial charge in [-0.25, -0.2) is 9.97 Å². The van der Waals surface area contributed by atoms with Crippen molar-refractivity contribution in [2.45, 2.75) is 27.2 Å². The number of thiazole rings is 1. The van der Waals surface area contributed by atoms with E-state index >= 15 is 0 Å². The van der Waals surface area contributed by atoms with E-state index < -0.39 is 0 Å². The standard InChI is InChI=1S/C13H20N4OS/c1-4-5-16(6-7-18)13-15-12(8-19-13)17-9-14-10(2)11(17)3/h8-9,18H,4-7H2,1-3H3.